The van der Waals surface area contributed by atoms with Gasteiger partial charge in [-0.2, -0.15) is 0 Å². The third-order valence-electron chi connectivity index (χ3n) is 9.74. The van der Waals surface area contributed by atoms with E-state index in [0.29, 0.717) is 0 Å². The Morgan fingerprint density at radius 2 is 1.59 bits per heavy atom. The van der Waals surface area contributed by atoms with Crippen molar-refractivity contribution in [3.8, 4) is 0 Å². The predicted octanol–water partition coefficient (Wildman–Crippen LogP) is 2.79. The number of aromatic nitrogens is 1. The normalized spacial score (nSPS) is 35.9. The quantitative estimate of drug-likeness (QED) is 0.259. The SMILES string of the molecule is CC(=O)OC1C(OC(C)=O)C(C)(O)C23OC(C)(C)C(CC(OC(=O)C=Cc4ccccc4)C2(C)C1OC(=O)c1cccnc1)C3O. The molecule has 2 saturated carbocycles. The molecule has 12 heteroatoms. The maximum Gasteiger partial charge on any atom is 0.340 e. The highest BCUT2D eigenvalue weighted by molar-refractivity contribution is 5.89. The summed E-state index contributed by atoms with van der Waals surface area (Å²) < 4.78 is 30.2. The van der Waals surface area contributed by atoms with E-state index >= 15 is 0 Å². The standard InChI is InChI=1S/C34H39NO11/c1-19(36)42-26-28(45-30(40)22-13-10-16-35-18-22)32(5)24(44-25(38)15-14-21-11-8-7-9-12-21)17-23-27(39)34(32,46-31(23,3)4)33(6,41)29(26)43-20(2)37/h7-16,18,23-24,26-29,39,41H,17H2,1-6H3. The van der Waals surface area contributed by atoms with Gasteiger partial charge in [-0.1, -0.05) is 30.3 Å². The van der Waals surface area contributed by atoms with Crippen LogP contribution in [0.15, 0.2) is 60.9 Å². The van der Waals surface area contributed by atoms with E-state index in [9.17, 15) is 29.4 Å². The fourth-order valence-electron chi connectivity index (χ4n) is 7.75. The molecule has 2 aliphatic carbocycles. The number of carbonyl (C=O) groups excluding carboxylic acids is 4. The van der Waals surface area contributed by atoms with Crippen LogP contribution in [0.5, 0.6) is 0 Å². The number of benzene rings is 1. The zero-order valence-electron chi connectivity index (χ0n) is 26.5. The molecule has 3 aliphatic rings. The zero-order valence-corrected chi connectivity index (χ0v) is 26.5. The van der Waals surface area contributed by atoms with Crippen LogP contribution in [0.1, 0.15) is 63.9 Å². The van der Waals surface area contributed by atoms with E-state index in [1.165, 1.54) is 37.5 Å². The third-order valence-corrected chi connectivity index (χ3v) is 9.74. The van der Waals surface area contributed by atoms with Gasteiger partial charge >= 0.3 is 23.9 Å². The summed E-state index contributed by atoms with van der Waals surface area (Å²) in [7, 11) is 0. The lowest BCUT2D eigenvalue weighted by Crippen LogP contribution is -2.85. The number of fused-ring (bicyclic) bond motifs is 1. The fourth-order valence-corrected chi connectivity index (χ4v) is 7.75. The molecule has 9 unspecified atom stereocenters. The highest BCUT2D eigenvalue weighted by Gasteiger charge is 2.86. The number of pyridine rings is 1. The lowest BCUT2D eigenvalue weighted by Gasteiger charge is -2.66. The number of hydrogen-bond acceptors (Lipinski definition) is 12. The van der Waals surface area contributed by atoms with Crippen molar-refractivity contribution < 1.29 is 53.1 Å². The summed E-state index contributed by atoms with van der Waals surface area (Å²) in [6.45, 7) is 8.51. The van der Waals surface area contributed by atoms with Crippen LogP contribution in [-0.4, -0.2) is 86.4 Å². The van der Waals surface area contributed by atoms with Crippen LogP contribution in [0.3, 0.4) is 0 Å². The van der Waals surface area contributed by atoms with E-state index in [2.05, 4.69) is 4.98 Å². The van der Waals surface area contributed by atoms with Crippen molar-refractivity contribution in [2.75, 3.05) is 0 Å². The second-order valence-corrected chi connectivity index (χ2v) is 13.0. The molecular formula is C34H39NO11. The van der Waals surface area contributed by atoms with E-state index in [1.54, 1.807) is 39.0 Å². The van der Waals surface area contributed by atoms with Gasteiger partial charge in [-0.25, -0.2) is 9.59 Å². The van der Waals surface area contributed by atoms with Crippen molar-refractivity contribution in [1.29, 1.82) is 0 Å². The largest absolute Gasteiger partial charge is 0.458 e. The average Bonchev–Trinajstić information content (AvgIpc) is 3.16. The molecule has 1 aromatic heterocycles. The van der Waals surface area contributed by atoms with Crippen molar-refractivity contribution in [2.24, 2.45) is 11.3 Å². The Hall–Kier alpha value is -4.13. The number of aliphatic hydroxyl groups is 2. The Balaban J connectivity index is 1.70. The molecule has 0 radical (unpaired) electrons. The predicted molar refractivity (Wildman–Crippen MR) is 161 cm³/mol. The summed E-state index contributed by atoms with van der Waals surface area (Å²) in [6, 6.07) is 12.1. The molecule has 9 atom stereocenters. The number of aliphatic hydroxyl groups excluding tert-OH is 1. The molecule has 3 fully saturated rings. The van der Waals surface area contributed by atoms with Gasteiger partial charge in [0.05, 0.1) is 22.7 Å². The summed E-state index contributed by atoms with van der Waals surface area (Å²) in [5.41, 5.74) is -6.50. The van der Waals surface area contributed by atoms with Crippen LogP contribution >= 0.6 is 0 Å². The summed E-state index contributed by atoms with van der Waals surface area (Å²) in [6.07, 6.45) is -1.93. The molecule has 2 bridgehead atoms. The van der Waals surface area contributed by atoms with Crippen LogP contribution in [0.2, 0.25) is 0 Å². The highest BCUT2D eigenvalue weighted by atomic mass is 16.6. The molecule has 1 spiro atoms. The highest BCUT2D eigenvalue weighted by Crippen LogP contribution is 2.68. The lowest BCUT2D eigenvalue weighted by atomic mass is 9.46. The summed E-state index contributed by atoms with van der Waals surface area (Å²) in [5.74, 6) is -4.01. The zero-order chi connectivity index (χ0) is 33.7. The molecule has 2 aromatic rings. The molecule has 12 nitrogen and oxygen atoms in total. The fraction of sp³-hybridized carbons (Fsp3) is 0.500. The average molecular weight is 638 g/mol. The summed E-state index contributed by atoms with van der Waals surface area (Å²) in [4.78, 5) is 56.1. The Morgan fingerprint density at radius 3 is 2.20 bits per heavy atom. The van der Waals surface area contributed by atoms with E-state index in [1.807, 2.05) is 18.2 Å². The van der Waals surface area contributed by atoms with Crippen molar-refractivity contribution in [3.05, 3.63) is 72.1 Å². The lowest BCUT2D eigenvalue weighted by molar-refractivity contribution is -0.368. The Morgan fingerprint density at radius 1 is 0.913 bits per heavy atom. The van der Waals surface area contributed by atoms with Crippen molar-refractivity contribution in [3.63, 3.8) is 0 Å². The van der Waals surface area contributed by atoms with Gasteiger partial charge in [-0.05, 0) is 57.9 Å². The van der Waals surface area contributed by atoms with Gasteiger partial charge in [0.1, 0.15) is 17.3 Å². The van der Waals surface area contributed by atoms with E-state index in [4.69, 9.17) is 23.7 Å². The summed E-state index contributed by atoms with van der Waals surface area (Å²) in [5, 5.41) is 24.6. The molecular weight excluding hydrogens is 598 g/mol. The Kier molecular flexibility index (Phi) is 8.60. The van der Waals surface area contributed by atoms with Gasteiger partial charge in [-0.3, -0.25) is 14.6 Å². The first-order chi connectivity index (χ1) is 21.6. The molecule has 246 valence electrons. The minimum Gasteiger partial charge on any atom is -0.458 e. The number of ether oxygens (including phenoxy) is 5. The van der Waals surface area contributed by atoms with Crippen LogP contribution in [0.4, 0.5) is 0 Å². The maximum absolute atomic E-state index is 13.7. The maximum atomic E-state index is 13.7. The molecule has 5 rings (SSSR count). The number of rotatable bonds is 7. The molecule has 1 aliphatic heterocycles. The van der Waals surface area contributed by atoms with Crippen molar-refractivity contribution in [2.45, 2.75) is 95.3 Å². The van der Waals surface area contributed by atoms with Gasteiger partial charge in [-0.15, -0.1) is 0 Å². The topological polar surface area (TPSA) is 168 Å². The first kappa shape index (κ1) is 33.2. The minimum absolute atomic E-state index is 0.0272. The molecule has 1 saturated heterocycles. The van der Waals surface area contributed by atoms with Gasteiger partial charge in [0.15, 0.2) is 18.3 Å². The molecule has 46 heavy (non-hydrogen) atoms. The number of nitrogens with zero attached hydrogens (tertiary/aromatic N) is 1. The van der Waals surface area contributed by atoms with E-state index < -0.39 is 82.5 Å². The van der Waals surface area contributed by atoms with Crippen LogP contribution in [-0.2, 0) is 38.1 Å². The number of carbonyl (C=O) groups is 4. The van der Waals surface area contributed by atoms with E-state index in [-0.39, 0.29) is 12.0 Å². The minimum atomic E-state index is -2.29. The summed E-state index contributed by atoms with van der Waals surface area (Å²) >= 11 is 0. The number of hydrogen-bond donors (Lipinski definition) is 2. The second-order valence-electron chi connectivity index (χ2n) is 13.0. The van der Waals surface area contributed by atoms with Gasteiger partial charge < -0.3 is 33.9 Å². The van der Waals surface area contributed by atoms with Crippen molar-refractivity contribution in [1.82, 2.24) is 4.98 Å². The smallest absolute Gasteiger partial charge is 0.340 e. The van der Waals surface area contributed by atoms with Gasteiger partial charge in [0, 0.05) is 38.2 Å². The first-order valence-corrected chi connectivity index (χ1v) is 15.1. The van der Waals surface area contributed by atoms with Gasteiger partial charge in [0.25, 0.3) is 0 Å². The van der Waals surface area contributed by atoms with Crippen LogP contribution in [0.25, 0.3) is 6.08 Å². The molecule has 2 heterocycles. The Labute approximate surface area is 266 Å². The van der Waals surface area contributed by atoms with Crippen LogP contribution < -0.4 is 0 Å². The molecule has 1 aromatic carbocycles. The second kappa shape index (κ2) is 11.9. The third kappa shape index (κ3) is 5.27. The molecule has 0 amide bonds. The van der Waals surface area contributed by atoms with E-state index in [0.717, 1.165) is 19.4 Å². The Bertz CT molecular complexity index is 1520. The monoisotopic (exact) mass is 637 g/mol. The van der Waals surface area contributed by atoms with Crippen LogP contribution in [0, 0.1) is 11.3 Å². The number of esters is 4. The van der Waals surface area contributed by atoms with Gasteiger partial charge in [0.2, 0.25) is 0 Å². The first-order valence-electron chi connectivity index (χ1n) is 15.1. The molecule has 2 N–H and O–H groups in total. The van der Waals surface area contributed by atoms with Crippen molar-refractivity contribution >= 4 is 30.0 Å².